The molecule has 47 heavy (non-hydrogen) atoms. The molecule has 1 heterocycles. The number of hydrogen-bond donors (Lipinski definition) is 0. The van der Waals surface area contributed by atoms with Crippen LogP contribution in [0, 0.1) is 6.57 Å². The monoisotopic (exact) mass is 595 g/mol. The van der Waals surface area contributed by atoms with Crippen LogP contribution in [0.5, 0.6) is 0 Å². The Morgan fingerprint density at radius 3 is 1.72 bits per heavy atom. The van der Waals surface area contributed by atoms with Crippen LogP contribution in [0.2, 0.25) is 0 Å². The number of furan rings is 1. The highest BCUT2D eigenvalue weighted by molar-refractivity contribution is 6.30. The summed E-state index contributed by atoms with van der Waals surface area (Å²) in [7, 11) is 0. The van der Waals surface area contributed by atoms with Crippen LogP contribution in [-0.4, -0.2) is 0 Å². The maximum atomic E-state index is 7.30. The van der Waals surface area contributed by atoms with Gasteiger partial charge in [-0.05, 0) is 113 Å². The molecular weight excluding hydrogens is 571 g/mol. The van der Waals surface area contributed by atoms with Crippen LogP contribution in [0.1, 0.15) is 0 Å². The summed E-state index contributed by atoms with van der Waals surface area (Å²) in [4.78, 5) is 3.57. The second-order valence-corrected chi connectivity index (χ2v) is 12.4. The Morgan fingerprint density at radius 1 is 0.362 bits per heavy atom. The SMILES string of the molecule is [C-]#[N+]c1ccc2cc(-c3ccc(-c4ccc5c(c4)c4ccccc4c4cc6c(cc54)oc4ccc5ccccc5c46)cc3)ccc2c1. The molecule has 1 aromatic heterocycles. The molecule has 2 heteroatoms. The zero-order chi connectivity index (χ0) is 31.1. The van der Waals surface area contributed by atoms with Crippen LogP contribution >= 0.6 is 0 Å². The number of benzene rings is 9. The molecule has 216 valence electrons. The third-order valence-electron chi connectivity index (χ3n) is 9.82. The largest absolute Gasteiger partial charge is 0.456 e. The van der Waals surface area contributed by atoms with E-state index in [0.717, 1.165) is 27.3 Å². The third-order valence-corrected chi connectivity index (χ3v) is 9.82. The average Bonchev–Trinajstić information content (AvgIpc) is 3.52. The highest BCUT2D eigenvalue weighted by Crippen LogP contribution is 2.42. The summed E-state index contributed by atoms with van der Waals surface area (Å²) in [5, 5.41) is 14.4. The Morgan fingerprint density at radius 2 is 0.936 bits per heavy atom. The molecule has 0 saturated carbocycles. The van der Waals surface area contributed by atoms with Gasteiger partial charge in [0, 0.05) is 10.8 Å². The van der Waals surface area contributed by atoms with Crippen molar-refractivity contribution in [3.05, 3.63) is 163 Å². The fourth-order valence-electron chi connectivity index (χ4n) is 7.51. The Bertz CT molecular complexity index is 2960. The molecule has 9 aromatic carbocycles. The smallest absolute Gasteiger partial charge is 0.187 e. The lowest BCUT2D eigenvalue weighted by Gasteiger charge is -2.13. The third kappa shape index (κ3) is 3.91. The van der Waals surface area contributed by atoms with Gasteiger partial charge >= 0.3 is 0 Å². The van der Waals surface area contributed by atoms with Crippen LogP contribution in [0.4, 0.5) is 5.69 Å². The highest BCUT2D eigenvalue weighted by Gasteiger charge is 2.16. The Hall–Kier alpha value is -6.43. The lowest BCUT2D eigenvalue weighted by atomic mass is 9.90. The van der Waals surface area contributed by atoms with Crippen LogP contribution in [0.25, 0.3) is 103 Å². The fourth-order valence-corrected chi connectivity index (χ4v) is 7.51. The average molecular weight is 596 g/mol. The van der Waals surface area contributed by atoms with Gasteiger partial charge in [0.05, 0.1) is 6.57 Å². The van der Waals surface area contributed by atoms with Gasteiger partial charge < -0.3 is 4.42 Å². The minimum Gasteiger partial charge on any atom is -0.456 e. The minimum atomic E-state index is 0.669. The van der Waals surface area contributed by atoms with E-state index >= 15 is 0 Å². The van der Waals surface area contributed by atoms with E-state index in [1.54, 1.807) is 0 Å². The van der Waals surface area contributed by atoms with E-state index in [1.807, 2.05) is 18.2 Å². The number of hydrogen-bond acceptors (Lipinski definition) is 1. The predicted molar refractivity (Wildman–Crippen MR) is 198 cm³/mol. The molecule has 10 rings (SSSR count). The molecule has 0 radical (unpaired) electrons. The van der Waals surface area contributed by atoms with Crippen molar-refractivity contribution >= 4 is 81.5 Å². The van der Waals surface area contributed by atoms with E-state index in [4.69, 9.17) is 11.0 Å². The summed E-state index contributed by atoms with van der Waals surface area (Å²) in [5.74, 6) is 0. The molecule has 0 bridgehead atoms. The first-order valence-electron chi connectivity index (χ1n) is 15.9. The first kappa shape index (κ1) is 25.9. The lowest BCUT2D eigenvalue weighted by molar-refractivity contribution is 0.670. The van der Waals surface area contributed by atoms with Gasteiger partial charge in [-0.3, -0.25) is 0 Å². The van der Waals surface area contributed by atoms with Gasteiger partial charge in [0.15, 0.2) is 5.69 Å². The van der Waals surface area contributed by atoms with Gasteiger partial charge in [-0.15, -0.1) is 0 Å². The Kier molecular flexibility index (Phi) is 5.38. The molecule has 0 saturated heterocycles. The zero-order valence-electron chi connectivity index (χ0n) is 25.3. The maximum absolute atomic E-state index is 7.30. The minimum absolute atomic E-state index is 0.669. The number of nitrogens with zero attached hydrogens (tertiary/aromatic N) is 1. The first-order chi connectivity index (χ1) is 23.2. The van der Waals surface area contributed by atoms with Crippen LogP contribution in [0.15, 0.2) is 156 Å². The predicted octanol–water partition coefficient (Wildman–Crippen LogP) is 13.2. The van der Waals surface area contributed by atoms with Crippen molar-refractivity contribution in [1.29, 1.82) is 0 Å². The normalized spacial score (nSPS) is 11.8. The molecule has 2 nitrogen and oxygen atoms in total. The van der Waals surface area contributed by atoms with Crippen molar-refractivity contribution in [2.75, 3.05) is 0 Å². The van der Waals surface area contributed by atoms with Gasteiger partial charge in [-0.1, -0.05) is 115 Å². The van der Waals surface area contributed by atoms with Crippen molar-refractivity contribution in [1.82, 2.24) is 0 Å². The molecule has 0 aliphatic carbocycles. The summed E-state index contributed by atoms with van der Waals surface area (Å²) in [6, 6.07) is 54.2. The van der Waals surface area contributed by atoms with Crippen LogP contribution in [0.3, 0.4) is 0 Å². The number of rotatable bonds is 2. The van der Waals surface area contributed by atoms with Crippen molar-refractivity contribution < 1.29 is 4.42 Å². The van der Waals surface area contributed by atoms with Gasteiger partial charge in [0.25, 0.3) is 0 Å². The van der Waals surface area contributed by atoms with E-state index in [-0.39, 0.29) is 0 Å². The van der Waals surface area contributed by atoms with E-state index in [0.29, 0.717) is 5.69 Å². The van der Waals surface area contributed by atoms with Crippen molar-refractivity contribution in [3.63, 3.8) is 0 Å². The summed E-state index contributed by atoms with van der Waals surface area (Å²) >= 11 is 0. The Balaban J connectivity index is 1.13. The van der Waals surface area contributed by atoms with Gasteiger partial charge in [0.2, 0.25) is 0 Å². The van der Waals surface area contributed by atoms with Gasteiger partial charge in [-0.25, -0.2) is 4.85 Å². The summed E-state index contributed by atoms with van der Waals surface area (Å²) in [6.45, 7) is 7.30. The Labute approximate surface area is 270 Å². The first-order valence-corrected chi connectivity index (χ1v) is 15.9. The van der Waals surface area contributed by atoms with E-state index in [1.165, 1.54) is 70.7 Å². The second-order valence-electron chi connectivity index (χ2n) is 12.4. The molecule has 0 atom stereocenters. The van der Waals surface area contributed by atoms with Crippen molar-refractivity contribution in [2.24, 2.45) is 0 Å². The van der Waals surface area contributed by atoms with Gasteiger partial charge in [-0.2, -0.15) is 0 Å². The topological polar surface area (TPSA) is 17.5 Å². The quantitative estimate of drug-likeness (QED) is 0.144. The zero-order valence-corrected chi connectivity index (χ0v) is 25.3. The molecule has 0 aliphatic heterocycles. The van der Waals surface area contributed by atoms with Crippen LogP contribution < -0.4 is 0 Å². The van der Waals surface area contributed by atoms with Crippen molar-refractivity contribution in [3.8, 4) is 22.3 Å². The molecular formula is C45H25NO. The fraction of sp³-hybridized carbons (Fsp3) is 0. The summed E-state index contributed by atoms with van der Waals surface area (Å²) in [6.07, 6.45) is 0. The molecule has 0 amide bonds. The highest BCUT2D eigenvalue weighted by atomic mass is 16.3. The van der Waals surface area contributed by atoms with Crippen molar-refractivity contribution in [2.45, 2.75) is 0 Å². The molecule has 0 unspecified atom stereocenters. The summed E-state index contributed by atoms with van der Waals surface area (Å²) in [5.41, 5.74) is 7.22. The molecule has 0 spiro atoms. The molecule has 0 aliphatic rings. The molecule has 10 aromatic rings. The van der Waals surface area contributed by atoms with E-state index < -0.39 is 0 Å². The lowest BCUT2D eigenvalue weighted by Crippen LogP contribution is -1.86. The standard InChI is InChI=1S/C45H25NO/c1-46-34-19-16-31-22-30(14-15-32(31)23-34)27-10-12-28(13-11-27)33-17-20-38-39(24-33)36-8-4-5-9-37(36)40-25-42-44(26-41(38)40)47-43-21-18-29-6-2-3-7-35(29)45(42)43/h2-26H. The summed E-state index contributed by atoms with van der Waals surface area (Å²) < 4.78 is 6.49. The van der Waals surface area contributed by atoms with Crippen LogP contribution in [-0.2, 0) is 0 Å². The van der Waals surface area contributed by atoms with Gasteiger partial charge in [0.1, 0.15) is 11.2 Å². The second kappa shape index (κ2) is 9.78. The molecule has 0 fully saturated rings. The number of fused-ring (bicyclic) bond motifs is 12. The maximum Gasteiger partial charge on any atom is 0.187 e. The van der Waals surface area contributed by atoms with E-state index in [2.05, 4.69) is 138 Å². The molecule has 0 N–H and O–H groups in total. The van der Waals surface area contributed by atoms with E-state index in [9.17, 15) is 0 Å².